The van der Waals surface area contributed by atoms with Crippen molar-refractivity contribution >= 4 is 7.12 Å². The van der Waals surface area contributed by atoms with Crippen LogP contribution in [0, 0.1) is 11.8 Å². The Balaban J connectivity index is 1.69. The Kier molecular flexibility index (Phi) is 3.57. The van der Waals surface area contributed by atoms with Crippen molar-refractivity contribution in [2.75, 3.05) is 6.61 Å². The lowest BCUT2D eigenvalue weighted by molar-refractivity contribution is 0.00578. The summed E-state index contributed by atoms with van der Waals surface area (Å²) in [6.45, 7) is 11.1. The minimum atomic E-state index is -0.356. The highest BCUT2D eigenvalue weighted by Crippen LogP contribution is 2.47. The number of fused-ring (bicyclic) bond motifs is 1. The highest BCUT2D eigenvalue weighted by Gasteiger charge is 2.54. The second-order valence-electron chi connectivity index (χ2n) is 7.95. The molecule has 4 atom stereocenters. The molecule has 21 heavy (non-hydrogen) atoms. The summed E-state index contributed by atoms with van der Waals surface area (Å²) in [7, 11) is -0.186. The average Bonchev–Trinajstić information content (AvgIpc) is 2.76. The van der Waals surface area contributed by atoms with Crippen LogP contribution in [0.2, 0.25) is 6.32 Å². The summed E-state index contributed by atoms with van der Waals surface area (Å²) in [4.78, 5) is 0. The van der Waals surface area contributed by atoms with E-state index < -0.39 is 0 Å². The largest absolute Gasteiger partial charge is 0.458 e. The van der Waals surface area contributed by atoms with E-state index in [1.165, 1.54) is 0 Å². The number of aliphatic hydroxyl groups is 1. The van der Waals surface area contributed by atoms with Gasteiger partial charge in [0, 0.05) is 0 Å². The van der Waals surface area contributed by atoms with Gasteiger partial charge in [-0.25, -0.2) is 0 Å². The zero-order valence-corrected chi connectivity index (χ0v) is 13.8. The fourth-order valence-electron chi connectivity index (χ4n) is 3.76. The third kappa shape index (κ3) is 2.58. The van der Waals surface area contributed by atoms with E-state index in [9.17, 15) is 5.11 Å². The van der Waals surface area contributed by atoms with Gasteiger partial charge in [0.05, 0.1) is 29.5 Å². The maximum absolute atomic E-state index is 9.91. The molecule has 2 heterocycles. The molecule has 0 spiro atoms. The van der Waals surface area contributed by atoms with Crippen LogP contribution < -0.4 is 0 Å². The van der Waals surface area contributed by atoms with Crippen LogP contribution in [0.25, 0.3) is 0 Å². The summed E-state index contributed by atoms with van der Waals surface area (Å²) in [6, 6.07) is 0. The third-order valence-corrected chi connectivity index (χ3v) is 5.86. The lowest BCUT2D eigenvalue weighted by Crippen LogP contribution is -2.41. The molecule has 3 aliphatic rings. The van der Waals surface area contributed by atoms with Crippen LogP contribution in [0.4, 0.5) is 0 Å². The smallest absolute Gasteiger partial charge is 0.403 e. The quantitative estimate of drug-likeness (QED) is 0.627. The minimum Gasteiger partial charge on any atom is -0.403 e. The molecule has 0 aromatic heterocycles. The van der Waals surface area contributed by atoms with Gasteiger partial charge in [0.2, 0.25) is 0 Å². The summed E-state index contributed by atoms with van der Waals surface area (Å²) < 4.78 is 18.2. The van der Waals surface area contributed by atoms with Gasteiger partial charge in [-0.3, -0.25) is 0 Å². The van der Waals surface area contributed by atoms with Gasteiger partial charge in [0.25, 0.3) is 0 Å². The second kappa shape index (κ2) is 4.82. The van der Waals surface area contributed by atoms with Gasteiger partial charge in [-0.1, -0.05) is 12.2 Å². The topological polar surface area (TPSA) is 47.9 Å². The number of aliphatic hydroxyl groups excluding tert-OH is 1. The number of hydrogen-bond acceptors (Lipinski definition) is 4. The molecule has 2 fully saturated rings. The first-order chi connectivity index (χ1) is 9.63. The van der Waals surface area contributed by atoms with Crippen molar-refractivity contribution in [1.82, 2.24) is 0 Å². The van der Waals surface area contributed by atoms with E-state index >= 15 is 0 Å². The van der Waals surface area contributed by atoms with Crippen molar-refractivity contribution < 1.29 is 19.2 Å². The fraction of sp³-hybridized carbons (Fsp3) is 0.875. The zero-order chi connectivity index (χ0) is 15.5. The van der Waals surface area contributed by atoms with Crippen LogP contribution in [-0.4, -0.2) is 41.7 Å². The highest BCUT2D eigenvalue weighted by molar-refractivity contribution is 6.45. The first kappa shape index (κ1) is 15.5. The third-order valence-electron chi connectivity index (χ3n) is 5.86. The molecule has 4 nitrogen and oxygen atoms in total. The summed E-state index contributed by atoms with van der Waals surface area (Å²) >= 11 is 0. The van der Waals surface area contributed by atoms with Gasteiger partial charge < -0.3 is 19.2 Å². The molecule has 2 aliphatic heterocycles. The van der Waals surface area contributed by atoms with E-state index in [0.717, 1.165) is 12.7 Å². The van der Waals surface area contributed by atoms with Crippen molar-refractivity contribution in [2.24, 2.45) is 11.8 Å². The van der Waals surface area contributed by atoms with Crippen molar-refractivity contribution in [3.63, 3.8) is 0 Å². The Morgan fingerprint density at radius 2 is 1.76 bits per heavy atom. The Morgan fingerprint density at radius 1 is 1.14 bits per heavy atom. The molecule has 0 aromatic carbocycles. The number of rotatable bonds is 2. The van der Waals surface area contributed by atoms with Crippen LogP contribution >= 0.6 is 0 Å². The summed E-state index contributed by atoms with van der Waals surface area (Å²) in [6.07, 6.45) is 5.11. The molecule has 0 saturated carbocycles. The summed E-state index contributed by atoms with van der Waals surface area (Å²) in [5.41, 5.74) is -0.813. The van der Waals surface area contributed by atoms with Crippen LogP contribution in [-0.2, 0) is 14.0 Å². The van der Waals surface area contributed by atoms with Crippen LogP contribution in [0.3, 0.4) is 0 Å². The van der Waals surface area contributed by atoms with E-state index in [4.69, 9.17) is 14.0 Å². The average molecular weight is 294 g/mol. The van der Waals surface area contributed by atoms with Gasteiger partial charge >= 0.3 is 7.12 Å². The predicted molar refractivity (Wildman–Crippen MR) is 82.0 cm³/mol. The van der Waals surface area contributed by atoms with E-state index in [1.807, 2.05) is 12.2 Å². The van der Waals surface area contributed by atoms with Crippen LogP contribution in [0.1, 0.15) is 41.0 Å². The highest BCUT2D eigenvalue weighted by atomic mass is 16.7. The molecule has 0 unspecified atom stereocenters. The lowest BCUT2D eigenvalue weighted by atomic mass is 9.67. The standard InChI is InChI=1S/C16H27BO4/c1-14(2)15(3,4)21-17(20-14)9-11-10-19-16(5)7-6-12(18)8-13(11)16/h6-7,11-13,18H,8-10H2,1-5H3/t11-,12+,13-,16-/m0/s1. The maximum Gasteiger partial charge on any atom is 0.458 e. The minimum absolute atomic E-state index is 0.186. The van der Waals surface area contributed by atoms with E-state index in [0.29, 0.717) is 18.4 Å². The normalized spacial score (nSPS) is 44.1. The molecule has 0 radical (unpaired) electrons. The second-order valence-corrected chi connectivity index (χ2v) is 7.95. The number of ether oxygens (including phenoxy) is 1. The Morgan fingerprint density at radius 3 is 2.38 bits per heavy atom. The monoisotopic (exact) mass is 294 g/mol. The molecule has 0 bridgehead atoms. The molecular weight excluding hydrogens is 267 g/mol. The predicted octanol–water partition coefficient (Wildman–Crippen LogP) is 2.42. The molecule has 1 N–H and O–H groups in total. The lowest BCUT2D eigenvalue weighted by Gasteiger charge is -2.34. The molecule has 2 saturated heterocycles. The number of hydrogen-bond donors (Lipinski definition) is 1. The molecular formula is C16H27BO4. The van der Waals surface area contributed by atoms with Gasteiger partial charge in [0.1, 0.15) is 0 Å². The summed E-state index contributed by atoms with van der Waals surface area (Å²) in [5, 5.41) is 9.91. The Labute approximate surface area is 128 Å². The molecule has 118 valence electrons. The first-order valence-electron chi connectivity index (χ1n) is 8.00. The molecule has 0 amide bonds. The van der Waals surface area contributed by atoms with Gasteiger partial charge in [0.15, 0.2) is 0 Å². The summed E-state index contributed by atoms with van der Waals surface area (Å²) in [5.74, 6) is 0.695. The van der Waals surface area contributed by atoms with Gasteiger partial charge in [-0.15, -0.1) is 0 Å². The van der Waals surface area contributed by atoms with Gasteiger partial charge in [-0.05, 0) is 59.2 Å². The van der Waals surface area contributed by atoms with Crippen LogP contribution in [0.5, 0.6) is 0 Å². The van der Waals surface area contributed by atoms with E-state index in [2.05, 4.69) is 34.6 Å². The van der Waals surface area contributed by atoms with Crippen molar-refractivity contribution in [3.8, 4) is 0 Å². The zero-order valence-electron chi connectivity index (χ0n) is 13.8. The molecule has 5 heteroatoms. The Hall–Kier alpha value is -0.355. The van der Waals surface area contributed by atoms with E-state index in [1.54, 1.807) is 0 Å². The maximum atomic E-state index is 9.91. The Bertz CT molecular complexity index is 432. The van der Waals surface area contributed by atoms with Crippen molar-refractivity contribution in [2.45, 2.75) is 70.3 Å². The molecule has 1 aliphatic carbocycles. The van der Waals surface area contributed by atoms with Crippen molar-refractivity contribution in [1.29, 1.82) is 0 Å². The molecule has 3 rings (SSSR count). The van der Waals surface area contributed by atoms with Crippen molar-refractivity contribution in [3.05, 3.63) is 12.2 Å². The van der Waals surface area contributed by atoms with Gasteiger partial charge in [-0.2, -0.15) is 0 Å². The molecule has 0 aromatic rings. The fourth-order valence-corrected chi connectivity index (χ4v) is 3.76. The van der Waals surface area contributed by atoms with E-state index in [-0.39, 0.29) is 30.0 Å². The SMILES string of the molecule is CC1(C)OB(C[C@H]2CO[C@@]3(C)C=C[C@@H](O)C[C@@H]23)OC1(C)C. The first-order valence-corrected chi connectivity index (χ1v) is 8.00. The van der Waals surface area contributed by atoms with Crippen LogP contribution in [0.15, 0.2) is 12.2 Å².